The van der Waals surface area contributed by atoms with Crippen LogP contribution in [0.3, 0.4) is 0 Å². The molecule has 2 aromatic rings. The number of benzene rings is 1. The maximum atomic E-state index is 13.3. The number of halogens is 1. The van der Waals surface area contributed by atoms with Gasteiger partial charge in [-0.25, -0.2) is 9.37 Å². The standard InChI is InChI=1S/C15H19FN2S/c1-5-17-10(3)14-11(4)18-15(19-14)12-6-7-13(16)9(2)8-12/h6-8,10,17H,5H2,1-4H3. The van der Waals surface area contributed by atoms with Crippen molar-refractivity contribution < 1.29 is 4.39 Å². The molecule has 1 N–H and O–H groups in total. The van der Waals surface area contributed by atoms with E-state index >= 15 is 0 Å². The molecule has 1 aromatic heterocycles. The molecule has 0 radical (unpaired) electrons. The average molecular weight is 278 g/mol. The summed E-state index contributed by atoms with van der Waals surface area (Å²) in [7, 11) is 0. The van der Waals surface area contributed by atoms with E-state index in [1.165, 1.54) is 10.9 Å². The maximum Gasteiger partial charge on any atom is 0.126 e. The topological polar surface area (TPSA) is 24.9 Å². The second kappa shape index (κ2) is 5.80. The van der Waals surface area contributed by atoms with Gasteiger partial charge in [0.05, 0.1) is 5.69 Å². The monoisotopic (exact) mass is 278 g/mol. The van der Waals surface area contributed by atoms with Crippen LogP contribution in [0.15, 0.2) is 18.2 Å². The molecule has 2 rings (SSSR count). The summed E-state index contributed by atoms with van der Waals surface area (Å²) in [5, 5.41) is 4.36. The van der Waals surface area contributed by atoms with Crippen LogP contribution in [-0.2, 0) is 0 Å². The third-order valence-corrected chi connectivity index (χ3v) is 4.53. The molecule has 0 aliphatic rings. The van der Waals surface area contributed by atoms with Crippen LogP contribution in [0, 0.1) is 19.7 Å². The van der Waals surface area contributed by atoms with Crippen molar-refractivity contribution >= 4 is 11.3 Å². The zero-order valence-corrected chi connectivity index (χ0v) is 12.6. The fraction of sp³-hybridized carbons (Fsp3) is 0.400. The maximum absolute atomic E-state index is 13.3. The molecular weight excluding hydrogens is 259 g/mol. The number of hydrogen-bond acceptors (Lipinski definition) is 3. The van der Waals surface area contributed by atoms with Crippen molar-refractivity contribution in [2.24, 2.45) is 0 Å². The van der Waals surface area contributed by atoms with Crippen molar-refractivity contribution in [1.82, 2.24) is 10.3 Å². The number of nitrogens with one attached hydrogen (secondary N) is 1. The van der Waals surface area contributed by atoms with E-state index in [0.717, 1.165) is 22.8 Å². The van der Waals surface area contributed by atoms with Gasteiger partial charge in [0.15, 0.2) is 0 Å². The Morgan fingerprint density at radius 1 is 1.37 bits per heavy atom. The molecule has 0 saturated carbocycles. The van der Waals surface area contributed by atoms with Crippen LogP contribution in [0.5, 0.6) is 0 Å². The van der Waals surface area contributed by atoms with Crippen LogP contribution in [0.25, 0.3) is 10.6 Å². The van der Waals surface area contributed by atoms with Gasteiger partial charge in [0.1, 0.15) is 10.8 Å². The van der Waals surface area contributed by atoms with Gasteiger partial charge in [-0.05, 0) is 51.1 Å². The summed E-state index contributed by atoms with van der Waals surface area (Å²) in [4.78, 5) is 5.86. The lowest BCUT2D eigenvalue weighted by Crippen LogP contribution is -2.17. The van der Waals surface area contributed by atoms with Gasteiger partial charge >= 0.3 is 0 Å². The van der Waals surface area contributed by atoms with Crippen molar-refractivity contribution in [3.8, 4) is 10.6 Å². The van der Waals surface area contributed by atoms with E-state index in [-0.39, 0.29) is 5.82 Å². The molecule has 0 fully saturated rings. The normalized spacial score (nSPS) is 12.7. The Hall–Kier alpha value is -1.26. The quantitative estimate of drug-likeness (QED) is 0.905. The lowest BCUT2D eigenvalue weighted by molar-refractivity contribution is 0.603. The van der Waals surface area contributed by atoms with Crippen LogP contribution in [0.4, 0.5) is 4.39 Å². The SMILES string of the molecule is CCNC(C)c1sc(-c2ccc(F)c(C)c2)nc1C. The Bertz CT molecular complexity index is 578. The highest BCUT2D eigenvalue weighted by molar-refractivity contribution is 7.15. The van der Waals surface area contributed by atoms with Crippen LogP contribution < -0.4 is 5.32 Å². The van der Waals surface area contributed by atoms with Crippen molar-refractivity contribution in [3.05, 3.63) is 40.2 Å². The van der Waals surface area contributed by atoms with E-state index in [2.05, 4.69) is 24.1 Å². The number of rotatable bonds is 4. The summed E-state index contributed by atoms with van der Waals surface area (Å²) in [6, 6.07) is 5.46. The molecule has 0 aliphatic heterocycles. The smallest absolute Gasteiger partial charge is 0.126 e. The molecule has 19 heavy (non-hydrogen) atoms. The summed E-state index contributed by atoms with van der Waals surface area (Å²) in [5.74, 6) is -0.168. The molecule has 0 spiro atoms. The molecule has 1 heterocycles. The summed E-state index contributed by atoms with van der Waals surface area (Å²) in [6.07, 6.45) is 0. The van der Waals surface area contributed by atoms with E-state index in [1.54, 1.807) is 24.3 Å². The predicted molar refractivity (Wildman–Crippen MR) is 79.1 cm³/mol. The minimum Gasteiger partial charge on any atom is -0.310 e. The van der Waals surface area contributed by atoms with Gasteiger partial charge in [-0.1, -0.05) is 6.92 Å². The Morgan fingerprint density at radius 2 is 2.11 bits per heavy atom. The number of thiazole rings is 1. The van der Waals surface area contributed by atoms with Gasteiger partial charge in [0.25, 0.3) is 0 Å². The van der Waals surface area contributed by atoms with Crippen molar-refractivity contribution in [2.75, 3.05) is 6.54 Å². The van der Waals surface area contributed by atoms with Gasteiger partial charge in [-0.15, -0.1) is 11.3 Å². The second-order valence-electron chi connectivity index (χ2n) is 4.71. The van der Waals surface area contributed by atoms with E-state index in [1.807, 2.05) is 13.0 Å². The second-order valence-corrected chi connectivity index (χ2v) is 5.74. The first-order valence-electron chi connectivity index (χ1n) is 6.50. The molecule has 2 nitrogen and oxygen atoms in total. The van der Waals surface area contributed by atoms with Gasteiger partial charge in [-0.3, -0.25) is 0 Å². The van der Waals surface area contributed by atoms with Gasteiger partial charge in [0, 0.05) is 16.5 Å². The highest BCUT2D eigenvalue weighted by atomic mass is 32.1. The molecule has 0 saturated heterocycles. The molecule has 1 atom stereocenters. The van der Waals surface area contributed by atoms with Gasteiger partial charge in [-0.2, -0.15) is 0 Å². The molecule has 1 aromatic carbocycles. The van der Waals surface area contributed by atoms with Crippen molar-refractivity contribution in [1.29, 1.82) is 0 Å². The Kier molecular flexibility index (Phi) is 4.32. The van der Waals surface area contributed by atoms with Gasteiger partial charge in [0.2, 0.25) is 0 Å². The van der Waals surface area contributed by atoms with Crippen molar-refractivity contribution in [3.63, 3.8) is 0 Å². The first-order chi connectivity index (χ1) is 9.02. The van der Waals surface area contributed by atoms with Crippen LogP contribution in [0.2, 0.25) is 0 Å². The predicted octanol–water partition coefficient (Wildman–Crippen LogP) is 4.24. The van der Waals surface area contributed by atoms with Crippen molar-refractivity contribution in [2.45, 2.75) is 33.7 Å². The number of aryl methyl sites for hydroxylation is 2. The van der Waals surface area contributed by atoms with E-state index < -0.39 is 0 Å². The number of hydrogen-bond donors (Lipinski definition) is 1. The minimum absolute atomic E-state index is 0.168. The summed E-state index contributed by atoms with van der Waals surface area (Å²) >= 11 is 1.68. The highest BCUT2D eigenvalue weighted by Crippen LogP contribution is 2.32. The Morgan fingerprint density at radius 3 is 2.74 bits per heavy atom. The van der Waals surface area contributed by atoms with Crippen LogP contribution in [-0.4, -0.2) is 11.5 Å². The van der Waals surface area contributed by atoms with Crippen LogP contribution in [0.1, 0.15) is 36.0 Å². The lowest BCUT2D eigenvalue weighted by Gasteiger charge is -2.09. The Balaban J connectivity index is 2.36. The summed E-state index contributed by atoms with van der Waals surface area (Å²) in [5.41, 5.74) is 2.70. The fourth-order valence-electron chi connectivity index (χ4n) is 2.11. The van der Waals surface area contributed by atoms with Gasteiger partial charge < -0.3 is 5.32 Å². The van der Waals surface area contributed by atoms with Crippen LogP contribution >= 0.6 is 11.3 Å². The first kappa shape index (κ1) is 14.2. The van der Waals surface area contributed by atoms with E-state index in [4.69, 9.17) is 0 Å². The molecule has 0 bridgehead atoms. The zero-order chi connectivity index (χ0) is 14.0. The third-order valence-electron chi connectivity index (χ3n) is 3.14. The Labute approximate surface area is 117 Å². The largest absolute Gasteiger partial charge is 0.310 e. The minimum atomic E-state index is -0.168. The highest BCUT2D eigenvalue weighted by Gasteiger charge is 2.14. The number of aromatic nitrogens is 1. The molecule has 0 amide bonds. The fourth-order valence-corrected chi connectivity index (χ4v) is 3.20. The molecule has 1 unspecified atom stereocenters. The zero-order valence-electron chi connectivity index (χ0n) is 11.7. The molecule has 102 valence electrons. The number of nitrogens with zero attached hydrogens (tertiary/aromatic N) is 1. The third kappa shape index (κ3) is 3.01. The average Bonchev–Trinajstić information content (AvgIpc) is 2.75. The molecule has 4 heteroatoms. The first-order valence-corrected chi connectivity index (χ1v) is 7.31. The van der Waals surface area contributed by atoms with E-state index in [9.17, 15) is 4.39 Å². The lowest BCUT2D eigenvalue weighted by atomic mass is 10.1. The molecular formula is C15H19FN2S. The summed E-state index contributed by atoms with van der Waals surface area (Å²) < 4.78 is 13.3. The molecule has 0 aliphatic carbocycles. The van der Waals surface area contributed by atoms with E-state index in [0.29, 0.717) is 11.6 Å². The summed E-state index contributed by atoms with van der Waals surface area (Å²) in [6.45, 7) is 8.98.